The van der Waals surface area contributed by atoms with Crippen LogP contribution in [0.25, 0.3) is 0 Å². The van der Waals surface area contributed by atoms with E-state index in [0.29, 0.717) is 5.92 Å². The van der Waals surface area contributed by atoms with Crippen LogP contribution in [-0.2, 0) is 0 Å². The van der Waals surface area contributed by atoms with Crippen LogP contribution in [0.5, 0.6) is 0 Å². The Hall–Kier alpha value is -1.29. The van der Waals surface area contributed by atoms with E-state index < -0.39 is 0 Å². The van der Waals surface area contributed by atoms with Gasteiger partial charge < -0.3 is 9.32 Å². The summed E-state index contributed by atoms with van der Waals surface area (Å²) in [5.74, 6) is 2.40. The maximum absolute atomic E-state index is 12.6. The summed E-state index contributed by atoms with van der Waals surface area (Å²) in [5, 5.41) is 0. The molecule has 1 aliphatic heterocycles. The van der Waals surface area contributed by atoms with E-state index >= 15 is 0 Å². The van der Waals surface area contributed by atoms with Gasteiger partial charge in [0.25, 0.3) is 5.91 Å². The van der Waals surface area contributed by atoms with Gasteiger partial charge >= 0.3 is 0 Å². The largest absolute Gasteiger partial charge is 0.466 e. The number of furan rings is 1. The third kappa shape index (κ3) is 3.06. The Labute approximate surface area is 121 Å². The minimum absolute atomic E-state index is 0.126. The number of hydrogen-bond donors (Lipinski definition) is 0. The molecule has 2 rings (SSSR count). The Bertz CT molecular complexity index is 483. The molecule has 4 heteroatoms. The van der Waals surface area contributed by atoms with Gasteiger partial charge in [-0.2, -0.15) is 0 Å². The van der Waals surface area contributed by atoms with E-state index in [4.69, 9.17) is 4.42 Å². The van der Waals surface area contributed by atoms with E-state index in [0.717, 1.165) is 55.4 Å². The highest BCUT2D eigenvalue weighted by Crippen LogP contribution is 2.23. The predicted octanol–water partition coefficient (Wildman–Crippen LogP) is 2.62. The number of aryl methyl sites for hydroxylation is 2. The topological polar surface area (TPSA) is 36.7 Å². The van der Waals surface area contributed by atoms with Crippen molar-refractivity contribution < 1.29 is 9.21 Å². The highest BCUT2D eigenvalue weighted by atomic mass is 16.3. The maximum atomic E-state index is 12.6. The molecule has 1 aliphatic rings. The number of carbonyl (C=O) groups is 1. The fourth-order valence-electron chi connectivity index (χ4n) is 2.92. The van der Waals surface area contributed by atoms with Crippen molar-refractivity contribution in [2.45, 2.75) is 34.6 Å². The average Bonchev–Trinajstić information content (AvgIpc) is 2.63. The van der Waals surface area contributed by atoms with Gasteiger partial charge in [0.2, 0.25) is 0 Å². The minimum atomic E-state index is 0.126. The van der Waals surface area contributed by atoms with Crippen LogP contribution in [0.15, 0.2) is 4.42 Å². The van der Waals surface area contributed by atoms with Gasteiger partial charge in [-0.15, -0.1) is 0 Å². The smallest absolute Gasteiger partial charge is 0.257 e. The van der Waals surface area contributed by atoms with Crippen LogP contribution >= 0.6 is 0 Å². The zero-order chi connectivity index (χ0) is 14.9. The van der Waals surface area contributed by atoms with Gasteiger partial charge in [-0.05, 0) is 26.7 Å². The summed E-state index contributed by atoms with van der Waals surface area (Å²) >= 11 is 0. The molecule has 0 N–H and O–H groups in total. The van der Waals surface area contributed by atoms with Crippen LogP contribution in [0.1, 0.15) is 41.3 Å². The fourth-order valence-corrected chi connectivity index (χ4v) is 2.92. The molecule has 1 aromatic heterocycles. The second kappa shape index (κ2) is 6.00. The molecule has 2 heterocycles. The lowest BCUT2D eigenvalue weighted by Crippen LogP contribution is -2.49. The SMILES string of the molecule is Cc1oc(C)c(C(=O)N2CCN(CC(C)C)CC2)c1C. The monoisotopic (exact) mass is 278 g/mol. The maximum Gasteiger partial charge on any atom is 0.257 e. The summed E-state index contributed by atoms with van der Waals surface area (Å²) < 4.78 is 5.57. The van der Waals surface area contributed by atoms with Gasteiger partial charge in [0.1, 0.15) is 11.5 Å². The normalized spacial score (nSPS) is 17.0. The molecule has 0 atom stereocenters. The Kier molecular flexibility index (Phi) is 4.53. The van der Waals surface area contributed by atoms with Crippen LogP contribution in [-0.4, -0.2) is 48.4 Å². The summed E-state index contributed by atoms with van der Waals surface area (Å²) in [6.07, 6.45) is 0. The van der Waals surface area contributed by atoms with Crippen molar-refractivity contribution in [3.63, 3.8) is 0 Å². The second-order valence-corrected chi connectivity index (χ2v) is 6.20. The third-order valence-corrected chi connectivity index (χ3v) is 4.06. The van der Waals surface area contributed by atoms with E-state index in [1.54, 1.807) is 0 Å². The number of hydrogen-bond acceptors (Lipinski definition) is 3. The average molecular weight is 278 g/mol. The molecule has 1 fully saturated rings. The molecular weight excluding hydrogens is 252 g/mol. The van der Waals surface area contributed by atoms with Crippen molar-refractivity contribution in [3.05, 3.63) is 22.6 Å². The molecule has 1 saturated heterocycles. The molecule has 0 aromatic carbocycles. The molecule has 1 amide bonds. The van der Waals surface area contributed by atoms with Gasteiger partial charge in [0, 0.05) is 38.3 Å². The van der Waals surface area contributed by atoms with E-state index in [9.17, 15) is 4.79 Å². The van der Waals surface area contributed by atoms with Gasteiger partial charge in [-0.3, -0.25) is 9.69 Å². The fraction of sp³-hybridized carbons (Fsp3) is 0.688. The first-order chi connectivity index (χ1) is 9.40. The first-order valence-electron chi connectivity index (χ1n) is 7.48. The van der Waals surface area contributed by atoms with E-state index in [1.807, 2.05) is 25.7 Å². The zero-order valence-corrected chi connectivity index (χ0v) is 13.3. The second-order valence-electron chi connectivity index (χ2n) is 6.20. The van der Waals surface area contributed by atoms with Crippen LogP contribution in [0.4, 0.5) is 0 Å². The first kappa shape index (κ1) is 15.1. The van der Waals surface area contributed by atoms with Crippen molar-refractivity contribution in [1.82, 2.24) is 9.80 Å². The van der Waals surface area contributed by atoms with Gasteiger partial charge in [0.15, 0.2) is 0 Å². The number of piperazine rings is 1. The molecular formula is C16H26N2O2. The summed E-state index contributed by atoms with van der Waals surface area (Å²) in [7, 11) is 0. The predicted molar refractivity (Wildman–Crippen MR) is 80.1 cm³/mol. The lowest BCUT2D eigenvalue weighted by atomic mass is 10.1. The van der Waals surface area contributed by atoms with Crippen LogP contribution in [0.2, 0.25) is 0 Å². The Morgan fingerprint density at radius 1 is 1.10 bits per heavy atom. The lowest BCUT2D eigenvalue weighted by Gasteiger charge is -2.35. The zero-order valence-electron chi connectivity index (χ0n) is 13.3. The summed E-state index contributed by atoms with van der Waals surface area (Å²) in [6.45, 7) is 14.9. The van der Waals surface area contributed by atoms with Crippen molar-refractivity contribution in [3.8, 4) is 0 Å². The molecule has 20 heavy (non-hydrogen) atoms. The van der Waals surface area contributed by atoms with E-state index in [-0.39, 0.29) is 5.91 Å². The standard InChI is InChI=1S/C16H26N2O2/c1-11(2)10-17-6-8-18(9-7-17)16(19)15-12(3)13(4)20-14(15)5/h11H,6-10H2,1-5H3. The molecule has 0 spiro atoms. The van der Waals surface area contributed by atoms with Crippen molar-refractivity contribution in [2.75, 3.05) is 32.7 Å². The Morgan fingerprint density at radius 2 is 1.70 bits per heavy atom. The molecule has 0 aliphatic carbocycles. The van der Waals surface area contributed by atoms with Crippen LogP contribution in [0.3, 0.4) is 0 Å². The highest BCUT2D eigenvalue weighted by molar-refractivity contribution is 5.97. The van der Waals surface area contributed by atoms with Crippen molar-refractivity contribution in [1.29, 1.82) is 0 Å². The van der Waals surface area contributed by atoms with Crippen molar-refractivity contribution >= 4 is 5.91 Å². The molecule has 0 saturated carbocycles. The Morgan fingerprint density at radius 3 is 2.15 bits per heavy atom. The van der Waals surface area contributed by atoms with E-state index in [1.165, 1.54) is 0 Å². The molecule has 0 radical (unpaired) electrons. The van der Waals surface area contributed by atoms with Gasteiger partial charge in [0.05, 0.1) is 5.56 Å². The number of carbonyl (C=O) groups excluding carboxylic acids is 1. The van der Waals surface area contributed by atoms with E-state index in [2.05, 4.69) is 18.7 Å². The van der Waals surface area contributed by atoms with Crippen molar-refractivity contribution in [2.24, 2.45) is 5.92 Å². The Balaban J connectivity index is 2.02. The molecule has 1 aromatic rings. The highest BCUT2D eigenvalue weighted by Gasteiger charge is 2.26. The summed E-state index contributed by atoms with van der Waals surface area (Å²) in [5.41, 5.74) is 1.75. The first-order valence-corrected chi connectivity index (χ1v) is 7.48. The summed E-state index contributed by atoms with van der Waals surface area (Å²) in [6, 6.07) is 0. The molecule has 0 bridgehead atoms. The lowest BCUT2D eigenvalue weighted by molar-refractivity contribution is 0.0621. The minimum Gasteiger partial charge on any atom is -0.466 e. The molecule has 0 unspecified atom stereocenters. The van der Waals surface area contributed by atoms with Gasteiger partial charge in [-0.1, -0.05) is 13.8 Å². The van der Waals surface area contributed by atoms with Crippen LogP contribution in [0, 0.1) is 26.7 Å². The third-order valence-electron chi connectivity index (χ3n) is 4.06. The van der Waals surface area contributed by atoms with Gasteiger partial charge in [-0.25, -0.2) is 0 Å². The number of rotatable bonds is 3. The summed E-state index contributed by atoms with van der Waals surface area (Å²) in [4.78, 5) is 17.0. The number of amides is 1. The quantitative estimate of drug-likeness (QED) is 0.853. The molecule has 4 nitrogen and oxygen atoms in total. The number of nitrogens with zero attached hydrogens (tertiary/aromatic N) is 2. The van der Waals surface area contributed by atoms with Crippen LogP contribution < -0.4 is 0 Å². The molecule has 112 valence electrons.